The maximum atomic E-state index is 12.4. The van der Waals surface area contributed by atoms with Gasteiger partial charge in [0, 0.05) is 16.8 Å². The van der Waals surface area contributed by atoms with Crippen molar-refractivity contribution in [3.05, 3.63) is 64.2 Å². The topological polar surface area (TPSA) is 60.2 Å². The number of nitrogen functional groups attached to an aromatic ring is 1. The molecule has 2 aromatic carbocycles. The molecule has 0 atom stereocenters. The van der Waals surface area contributed by atoms with Crippen molar-refractivity contribution in [3.8, 4) is 0 Å². The fourth-order valence-corrected chi connectivity index (χ4v) is 2.13. The number of hydrogen-bond acceptors (Lipinski definition) is 3. The lowest BCUT2D eigenvalue weighted by atomic mass is 9.93. The Morgan fingerprint density at radius 1 is 0.900 bits per heavy atom. The zero-order valence-electron chi connectivity index (χ0n) is 11.9. The summed E-state index contributed by atoms with van der Waals surface area (Å²) in [5.74, 6) is -1.08. The number of benzene rings is 2. The van der Waals surface area contributed by atoms with Crippen LogP contribution in [0.5, 0.6) is 0 Å². The van der Waals surface area contributed by atoms with Crippen LogP contribution in [0, 0.1) is 20.8 Å². The molecule has 0 aliphatic rings. The Kier molecular flexibility index (Phi) is 3.70. The number of rotatable bonds is 3. The minimum absolute atomic E-state index is 0.291. The third-order valence-corrected chi connectivity index (χ3v) is 3.70. The van der Waals surface area contributed by atoms with Crippen molar-refractivity contribution < 1.29 is 9.59 Å². The molecule has 0 aliphatic heterocycles. The van der Waals surface area contributed by atoms with Crippen LogP contribution in [-0.4, -0.2) is 11.6 Å². The molecule has 0 radical (unpaired) electrons. The molecule has 3 nitrogen and oxygen atoms in total. The van der Waals surface area contributed by atoms with Crippen molar-refractivity contribution in [2.45, 2.75) is 20.8 Å². The SMILES string of the molecule is Cc1cc(C(=O)C(=O)c2ccccc2)c(N)c(C)c1C. The predicted octanol–water partition coefficient (Wildman–Crippen LogP) is 3.26. The second-order valence-corrected chi connectivity index (χ2v) is 4.93. The molecule has 3 heteroatoms. The van der Waals surface area contributed by atoms with Crippen LogP contribution in [0.2, 0.25) is 0 Å². The summed E-state index contributed by atoms with van der Waals surface area (Å²) in [5, 5.41) is 0. The fourth-order valence-electron chi connectivity index (χ4n) is 2.13. The van der Waals surface area contributed by atoms with E-state index in [0.29, 0.717) is 16.8 Å². The van der Waals surface area contributed by atoms with E-state index in [2.05, 4.69) is 0 Å². The quantitative estimate of drug-likeness (QED) is 0.527. The summed E-state index contributed by atoms with van der Waals surface area (Å²) in [4.78, 5) is 24.6. The largest absolute Gasteiger partial charge is 0.398 e. The van der Waals surface area contributed by atoms with Crippen LogP contribution >= 0.6 is 0 Å². The lowest BCUT2D eigenvalue weighted by Gasteiger charge is -2.12. The van der Waals surface area contributed by atoms with E-state index in [1.807, 2.05) is 20.8 Å². The third kappa shape index (κ3) is 2.35. The van der Waals surface area contributed by atoms with Crippen LogP contribution in [0.15, 0.2) is 36.4 Å². The Morgan fingerprint density at radius 2 is 1.50 bits per heavy atom. The Hall–Kier alpha value is -2.42. The number of aryl methyl sites for hydroxylation is 1. The second-order valence-electron chi connectivity index (χ2n) is 4.93. The summed E-state index contributed by atoms with van der Waals surface area (Å²) in [7, 11) is 0. The van der Waals surface area contributed by atoms with Gasteiger partial charge in [-0.05, 0) is 43.5 Å². The number of anilines is 1. The highest BCUT2D eigenvalue weighted by Crippen LogP contribution is 2.25. The molecule has 0 fully saturated rings. The molecule has 0 amide bonds. The normalized spacial score (nSPS) is 10.3. The predicted molar refractivity (Wildman–Crippen MR) is 80.2 cm³/mol. The molecule has 2 rings (SSSR count). The molecule has 102 valence electrons. The molecule has 0 aromatic heterocycles. The molecule has 0 bridgehead atoms. The van der Waals surface area contributed by atoms with Gasteiger partial charge in [0.1, 0.15) is 0 Å². The van der Waals surface area contributed by atoms with Crippen molar-refractivity contribution in [2.24, 2.45) is 0 Å². The Bertz CT molecular complexity index is 688. The molecule has 2 aromatic rings. The van der Waals surface area contributed by atoms with E-state index >= 15 is 0 Å². The van der Waals surface area contributed by atoms with E-state index in [1.165, 1.54) is 0 Å². The second kappa shape index (κ2) is 5.29. The number of hydrogen-bond donors (Lipinski definition) is 1. The molecule has 0 aliphatic carbocycles. The van der Waals surface area contributed by atoms with Crippen LogP contribution in [0.3, 0.4) is 0 Å². The summed E-state index contributed by atoms with van der Waals surface area (Å²) in [6.45, 7) is 5.72. The van der Waals surface area contributed by atoms with E-state index in [-0.39, 0.29) is 0 Å². The molecule has 20 heavy (non-hydrogen) atoms. The van der Waals surface area contributed by atoms with Crippen LogP contribution in [0.25, 0.3) is 0 Å². The summed E-state index contributed by atoms with van der Waals surface area (Å²) < 4.78 is 0. The van der Waals surface area contributed by atoms with Crippen molar-refractivity contribution in [1.29, 1.82) is 0 Å². The first kappa shape index (κ1) is 14.0. The zero-order valence-corrected chi connectivity index (χ0v) is 11.9. The average Bonchev–Trinajstić information content (AvgIpc) is 2.48. The minimum atomic E-state index is -0.556. The van der Waals surface area contributed by atoms with Gasteiger partial charge in [0.25, 0.3) is 0 Å². The van der Waals surface area contributed by atoms with E-state index in [0.717, 1.165) is 16.7 Å². The van der Waals surface area contributed by atoms with Gasteiger partial charge in [-0.2, -0.15) is 0 Å². The fraction of sp³-hybridized carbons (Fsp3) is 0.176. The number of carbonyl (C=O) groups excluding carboxylic acids is 2. The van der Waals surface area contributed by atoms with Crippen molar-refractivity contribution in [2.75, 3.05) is 5.73 Å². The highest BCUT2D eigenvalue weighted by molar-refractivity contribution is 6.50. The van der Waals surface area contributed by atoms with Crippen LogP contribution in [0.4, 0.5) is 5.69 Å². The number of nitrogens with two attached hydrogens (primary N) is 1. The molecular weight excluding hydrogens is 250 g/mol. The van der Waals surface area contributed by atoms with Gasteiger partial charge in [0.15, 0.2) is 0 Å². The van der Waals surface area contributed by atoms with Gasteiger partial charge in [-0.15, -0.1) is 0 Å². The first-order valence-electron chi connectivity index (χ1n) is 6.43. The van der Waals surface area contributed by atoms with E-state index < -0.39 is 11.6 Å². The van der Waals surface area contributed by atoms with Crippen molar-refractivity contribution >= 4 is 17.3 Å². The number of ketones is 2. The van der Waals surface area contributed by atoms with Gasteiger partial charge in [0.2, 0.25) is 11.6 Å². The summed E-state index contributed by atoms with van der Waals surface area (Å²) in [5.41, 5.74) is 9.92. The molecular formula is C17H17NO2. The Morgan fingerprint density at radius 3 is 2.10 bits per heavy atom. The molecule has 0 saturated heterocycles. The standard InChI is InChI=1S/C17H17NO2/c1-10-9-14(15(18)12(3)11(10)2)17(20)16(19)13-7-5-4-6-8-13/h4-9H,18H2,1-3H3. The number of carbonyl (C=O) groups is 2. The van der Waals surface area contributed by atoms with Gasteiger partial charge in [-0.25, -0.2) is 0 Å². The summed E-state index contributed by atoms with van der Waals surface area (Å²) in [6.07, 6.45) is 0. The average molecular weight is 267 g/mol. The van der Waals surface area contributed by atoms with Gasteiger partial charge in [-0.3, -0.25) is 9.59 Å². The monoisotopic (exact) mass is 267 g/mol. The molecule has 2 N–H and O–H groups in total. The Balaban J connectivity index is 2.48. The smallest absolute Gasteiger partial charge is 0.235 e. The summed E-state index contributed by atoms with van der Waals surface area (Å²) in [6, 6.07) is 10.2. The lowest BCUT2D eigenvalue weighted by molar-refractivity contribution is 0.0817. The van der Waals surface area contributed by atoms with Gasteiger partial charge >= 0.3 is 0 Å². The van der Waals surface area contributed by atoms with Crippen LogP contribution in [0.1, 0.15) is 37.4 Å². The molecule has 0 unspecified atom stereocenters. The van der Waals surface area contributed by atoms with Crippen LogP contribution in [-0.2, 0) is 0 Å². The third-order valence-electron chi connectivity index (χ3n) is 3.70. The van der Waals surface area contributed by atoms with Crippen LogP contribution < -0.4 is 5.73 Å². The van der Waals surface area contributed by atoms with E-state index in [9.17, 15) is 9.59 Å². The van der Waals surface area contributed by atoms with E-state index in [4.69, 9.17) is 5.73 Å². The first-order valence-corrected chi connectivity index (χ1v) is 6.43. The van der Waals surface area contributed by atoms with Gasteiger partial charge in [-0.1, -0.05) is 30.3 Å². The highest BCUT2D eigenvalue weighted by Gasteiger charge is 2.22. The summed E-state index contributed by atoms with van der Waals surface area (Å²) >= 11 is 0. The van der Waals surface area contributed by atoms with Gasteiger partial charge < -0.3 is 5.73 Å². The minimum Gasteiger partial charge on any atom is -0.398 e. The molecule has 0 spiro atoms. The number of Topliss-reactive ketones (excluding diaryl/α,β-unsaturated/α-hetero) is 2. The highest BCUT2D eigenvalue weighted by atomic mass is 16.2. The maximum Gasteiger partial charge on any atom is 0.235 e. The van der Waals surface area contributed by atoms with E-state index in [1.54, 1.807) is 36.4 Å². The first-order chi connectivity index (χ1) is 9.43. The maximum absolute atomic E-state index is 12.4. The molecule has 0 heterocycles. The zero-order chi connectivity index (χ0) is 14.9. The lowest BCUT2D eigenvalue weighted by Crippen LogP contribution is -2.17. The Labute approximate surface area is 118 Å². The van der Waals surface area contributed by atoms with Gasteiger partial charge in [0.05, 0.1) is 0 Å². The van der Waals surface area contributed by atoms with Crippen molar-refractivity contribution in [1.82, 2.24) is 0 Å². The molecule has 0 saturated carbocycles. The van der Waals surface area contributed by atoms with Crippen molar-refractivity contribution in [3.63, 3.8) is 0 Å².